The third-order valence-corrected chi connectivity index (χ3v) is 3.48. The molecule has 1 N–H and O–H groups in total. The largest absolute Gasteiger partial charge is 0.466 e. The predicted molar refractivity (Wildman–Crippen MR) is 76.1 cm³/mol. The van der Waals surface area contributed by atoms with Gasteiger partial charge in [0.25, 0.3) is 6.43 Å². The Morgan fingerprint density at radius 1 is 1.29 bits per heavy atom. The van der Waals surface area contributed by atoms with Gasteiger partial charge in [0.2, 0.25) is 0 Å². The van der Waals surface area contributed by atoms with Crippen molar-refractivity contribution in [2.24, 2.45) is 5.92 Å². The summed E-state index contributed by atoms with van der Waals surface area (Å²) in [5.74, 6) is -3.00. The minimum Gasteiger partial charge on any atom is -0.466 e. The van der Waals surface area contributed by atoms with Crippen molar-refractivity contribution in [3.8, 4) is 0 Å². The zero-order valence-corrected chi connectivity index (χ0v) is 12.6. The predicted octanol–water partition coefficient (Wildman–Crippen LogP) is 3.29. The van der Waals surface area contributed by atoms with Crippen LogP contribution in [0.4, 0.5) is 8.78 Å². The fourth-order valence-corrected chi connectivity index (χ4v) is 2.29. The molecule has 0 aliphatic rings. The Morgan fingerprint density at radius 2 is 1.86 bits per heavy atom. The van der Waals surface area contributed by atoms with Gasteiger partial charge in [-0.15, -0.1) is 0 Å². The molecule has 0 aromatic heterocycles. The highest BCUT2D eigenvalue weighted by atomic mass is 19.3. The molecule has 0 saturated carbocycles. The summed E-state index contributed by atoms with van der Waals surface area (Å²) in [5.41, 5.74) is -0.645. The zero-order chi connectivity index (χ0) is 16.0. The molecule has 0 bridgehead atoms. The smallest absolute Gasteiger partial charge is 0.318 e. The zero-order valence-electron chi connectivity index (χ0n) is 12.6. The average molecular weight is 300 g/mol. The summed E-state index contributed by atoms with van der Waals surface area (Å²) < 4.78 is 31.0. The van der Waals surface area contributed by atoms with Crippen LogP contribution in [-0.2, 0) is 21.6 Å². The first-order chi connectivity index (χ1) is 9.84. The van der Waals surface area contributed by atoms with Crippen LogP contribution in [0.25, 0.3) is 0 Å². The lowest BCUT2D eigenvalue weighted by molar-refractivity contribution is -0.169. The van der Waals surface area contributed by atoms with Crippen molar-refractivity contribution in [2.75, 3.05) is 6.61 Å². The minimum absolute atomic E-state index is 0.00638. The molecule has 0 radical (unpaired) electrons. The number of hydrogen-bond donors (Lipinski definition) is 1. The van der Waals surface area contributed by atoms with E-state index in [4.69, 9.17) is 0 Å². The summed E-state index contributed by atoms with van der Waals surface area (Å²) in [5, 5.41) is 10.5. The average Bonchev–Trinajstić information content (AvgIpc) is 2.39. The van der Waals surface area contributed by atoms with Gasteiger partial charge in [0.1, 0.15) is 11.5 Å². The molecule has 0 amide bonds. The number of rotatable bonds is 7. The first-order valence-electron chi connectivity index (χ1n) is 7.11. The number of hydrogen-bond acceptors (Lipinski definition) is 3. The van der Waals surface area contributed by atoms with E-state index in [1.165, 1.54) is 13.8 Å². The lowest BCUT2D eigenvalue weighted by Crippen LogP contribution is -2.42. The third-order valence-electron chi connectivity index (χ3n) is 3.48. The second kappa shape index (κ2) is 7.50. The van der Waals surface area contributed by atoms with E-state index in [0.29, 0.717) is 0 Å². The number of benzene rings is 1. The molecule has 0 heterocycles. The van der Waals surface area contributed by atoms with Gasteiger partial charge in [0.15, 0.2) is 0 Å². The van der Waals surface area contributed by atoms with E-state index >= 15 is 0 Å². The van der Waals surface area contributed by atoms with Gasteiger partial charge in [-0.2, -0.15) is 0 Å². The van der Waals surface area contributed by atoms with E-state index in [2.05, 4.69) is 4.74 Å². The molecule has 1 rings (SSSR count). The van der Waals surface area contributed by atoms with Crippen molar-refractivity contribution in [2.45, 2.75) is 45.6 Å². The van der Waals surface area contributed by atoms with Crippen LogP contribution in [0.1, 0.15) is 38.3 Å². The number of aliphatic hydroxyl groups is 1. The summed E-state index contributed by atoms with van der Waals surface area (Å²) in [6.45, 7) is 4.79. The molecule has 3 nitrogen and oxygen atoms in total. The summed E-state index contributed by atoms with van der Waals surface area (Å²) in [6.07, 6.45) is -1.16. The number of carbonyl (C=O) groups is 1. The molecule has 0 spiro atoms. The molecular weight excluding hydrogens is 278 g/mol. The topological polar surface area (TPSA) is 46.5 Å². The van der Waals surface area contributed by atoms with Crippen LogP contribution in [0.5, 0.6) is 0 Å². The second-order valence-electron chi connectivity index (χ2n) is 5.16. The lowest BCUT2D eigenvalue weighted by atomic mass is 9.82. The van der Waals surface area contributed by atoms with Gasteiger partial charge in [-0.3, -0.25) is 4.79 Å². The highest BCUT2D eigenvalue weighted by Crippen LogP contribution is 2.34. The molecule has 0 fully saturated rings. The van der Waals surface area contributed by atoms with Crippen LogP contribution < -0.4 is 0 Å². The Bertz CT molecular complexity index is 455. The van der Waals surface area contributed by atoms with Gasteiger partial charge in [-0.1, -0.05) is 37.6 Å². The summed E-state index contributed by atoms with van der Waals surface area (Å²) in [4.78, 5) is 11.7. The molecule has 1 aromatic rings. The quantitative estimate of drug-likeness (QED) is 0.786. The molecule has 118 valence electrons. The Hall–Kier alpha value is -1.49. The van der Waals surface area contributed by atoms with E-state index in [0.717, 1.165) is 18.4 Å². The van der Waals surface area contributed by atoms with Crippen molar-refractivity contribution in [3.63, 3.8) is 0 Å². The Balaban J connectivity index is 3.06. The van der Waals surface area contributed by atoms with Gasteiger partial charge in [0.05, 0.1) is 6.61 Å². The monoisotopic (exact) mass is 300 g/mol. The van der Waals surface area contributed by atoms with Crippen LogP contribution in [0.2, 0.25) is 0 Å². The van der Waals surface area contributed by atoms with E-state index in [-0.39, 0.29) is 12.2 Å². The number of carbonyl (C=O) groups excluding carboxylic acids is 1. The first kappa shape index (κ1) is 17.6. The van der Waals surface area contributed by atoms with Gasteiger partial charge in [-0.25, -0.2) is 8.78 Å². The van der Waals surface area contributed by atoms with Crippen LogP contribution in [0.15, 0.2) is 24.3 Å². The summed E-state index contributed by atoms with van der Waals surface area (Å²) in [6, 6.07) is 6.72. The molecular formula is C16H22F2O3. The standard InChI is InChI=1S/C16H22F2O3/c1-4-6-11-7-9-12(10-8-11)16(3,20)13(14(17)18)15(19)21-5-2/h7-10,13-14,20H,4-6H2,1-3H3. The van der Waals surface area contributed by atoms with E-state index in [9.17, 15) is 18.7 Å². The molecule has 0 aliphatic carbocycles. The van der Waals surface area contributed by atoms with Crippen molar-refractivity contribution in [1.29, 1.82) is 0 Å². The fourth-order valence-electron chi connectivity index (χ4n) is 2.29. The number of aryl methyl sites for hydroxylation is 1. The maximum Gasteiger partial charge on any atom is 0.318 e. The van der Waals surface area contributed by atoms with Crippen LogP contribution in [-0.4, -0.2) is 24.1 Å². The maximum atomic E-state index is 13.2. The molecule has 5 heteroatoms. The SMILES string of the molecule is CCCc1ccc(C(C)(O)C(C(=O)OCC)C(F)F)cc1. The fraction of sp³-hybridized carbons (Fsp3) is 0.562. The Morgan fingerprint density at radius 3 is 2.29 bits per heavy atom. The first-order valence-corrected chi connectivity index (χ1v) is 7.11. The molecule has 2 unspecified atom stereocenters. The highest BCUT2D eigenvalue weighted by Gasteiger charge is 2.46. The van der Waals surface area contributed by atoms with Gasteiger partial charge in [-0.05, 0) is 31.4 Å². The molecule has 21 heavy (non-hydrogen) atoms. The van der Waals surface area contributed by atoms with Crippen molar-refractivity contribution >= 4 is 5.97 Å². The van der Waals surface area contributed by atoms with Crippen molar-refractivity contribution < 1.29 is 23.4 Å². The molecule has 2 atom stereocenters. The Kier molecular flexibility index (Phi) is 6.27. The molecule has 1 aromatic carbocycles. The normalized spacial score (nSPS) is 15.6. The van der Waals surface area contributed by atoms with Crippen LogP contribution in [0.3, 0.4) is 0 Å². The maximum absolute atomic E-state index is 13.2. The van der Waals surface area contributed by atoms with Gasteiger partial charge >= 0.3 is 5.97 Å². The van der Waals surface area contributed by atoms with E-state index in [1.807, 2.05) is 6.92 Å². The summed E-state index contributed by atoms with van der Waals surface area (Å²) >= 11 is 0. The Labute approximate surface area is 123 Å². The third kappa shape index (κ3) is 4.24. The lowest BCUT2D eigenvalue weighted by Gasteiger charge is -2.31. The number of alkyl halides is 2. The number of esters is 1. The van der Waals surface area contributed by atoms with Gasteiger partial charge < -0.3 is 9.84 Å². The van der Waals surface area contributed by atoms with Gasteiger partial charge in [0, 0.05) is 0 Å². The summed E-state index contributed by atoms with van der Waals surface area (Å²) in [7, 11) is 0. The highest BCUT2D eigenvalue weighted by molar-refractivity contribution is 5.74. The number of ether oxygens (including phenoxy) is 1. The number of halogens is 2. The molecule has 0 saturated heterocycles. The van der Waals surface area contributed by atoms with Crippen molar-refractivity contribution in [1.82, 2.24) is 0 Å². The molecule has 0 aliphatic heterocycles. The van der Waals surface area contributed by atoms with Crippen LogP contribution in [0, 0.1) is 5.92 Å². The van der Waals surface area contributed by atoms with E-state index in [1.54, 1.807) is 24.3 Å². The van der Waals surface area contributed by atoms with E-state index < -0.39 is 23.9 Å². The second-order valence-corrected chi connectivity index (χ2v) is 5.16. The van der Waals surface area contributed by atoms with Crippen molar-refractivity contribution in [3.05, 3.63) is 35.4 Å². The van der Waals surface area contributed by atoms with Crippen LogP contribution >= 0.6 is 0 Å². The minimum atomic E-state index is -3.01.